The normalized spacial score (nSPS) is 10.6. The fourth-order valence-electron chi connectivity index (χ4n) is 2.25. The second-order valence-corrected chi connectivity index (χ2v) is 4.59. The molecule has 2 rings (SSSR count). The molecule has 1 aromatic heterocycles. The van der Waals surface area contributed by atoms with Gasteiger partial charge in [0.2, 0.25) is 0 Å². The average molecular weight is 273 g/mol. The van der Waals surface area contributed by atoms with Gasteiger partial charge in [0.25, 0.3) is 0 Å². The van der Waals surface area contributed by atoms with Crippen LogP contribution in [0.2, 0.25) is 0 Å². The Morgan fingerprint density at radius 3 is 2.60 bits per heavy atom. The van der Waals surface area contributed by atoms with Gasteiger partial charge < -0.3 is 15.2 Å². The van der Waals surface area contributed by atoms with Crippen LogP contribution in [0.15, 0.2) is 29.3 Å². The molecule has 1 aromatic carbocycles. The van der Waals surface area contributed by atoms with Crippen molar-refractivity contribution in [1.82, 2.24) is 20.2 Å². The van der Waals surface area contributed by atoms with Gasteiger partial charge in [0.1, 0.15) is 5.82 Å². The van der Waals surface area contributed by atoms with E-state index in [0.717, 1.165) is 43.5 Å². The summed E-state index contributed by atoms with van der Waals surface area (Å²) in [6, 6.07) is 8.22. The number of aliphatic imine (C=N–C) groups is 1. The summed E-state index contributed by atoms with van der Waals surface area (Å²) in [6.07, 6.45) is 0. The number of hydrogen-bond acceptors (Lipinski definition) is 2. The number of aryl methyl sites for hydroxylation is 1. The van der Waals surface area contributed by atoms with Crippen molar-refractivity contribution in [3.63, 3.8) is 0 Å². The number of fused-ring (bicyclic) bond motifs is 1. The maximum absolute atomic E-state index is 4.57. The summed E-state index contributed by atoms with van der Waals surface area (Å²) in [5, 5.41) is 6.46. The van der Waals surface area contributed by atoms with E-state index >= 15 is 0 Å². The van der Waals surface area contributed by atoms with Gasteiger partial charge in [-0.3, -0.25) is 4.99 Å². The van der Waals surface area contributed by atoms with Crippen molar-refractivity contribution in [3.05, 3.63) is 30.1 Å². The Labute approximate surface area is 120 Å². The van der Waals surface area contributed by atoms with E-state index in [4.69, 9.17) is 0 Å². The van der Waals surface area contributed by atoms with Crippen LogP contribution >= 0.6 is 0 Å². The second-order valence-electron chi connectivity index (χ2n) is 4.59. The zero-order valence-electron chi connectivity index (χ0n) is 12.5. The predicted molar refractivity (Wildman–Crippen MR) is 84.1 cm³/mol. The standard InChI is InChI=1S/C15H23N5/c1-4-16-15(17-5-2)18-10-11-20-12(3)19-13-8-6-7-9-14(13)20/h6-9H,4-5,10-11H2,1-3H3,(H2,16,17,18). The molecule has 0 aliphatic carbocycles. The van der Waals surface area contributed by atoms with Crippen molar-refractivity contribution in [2.75, 3.05) is 19.6 Å². The predicted octanol–water partition coefficient (Wildman–Crippen LogP) is 1.92. The van der Waals surface area contributed by atoms with Gasteiger partial charge in [0.15, 0.2) is 5.96 Å². The maximum atomic E-state index is 4.57. The molecule has 2 N–H and O–H groups in total. The van der Waals surface area contributed by atoms with Gasteiger partial charge in [0, 0.05) is 19.6 Å². The smallest absolute Gasteiger partial charge is 0.191 e. The number of imidazole rings is 1. The molecule has 2 aromatic rings. The van der Waals surface area contributed by atoms with E-state index in [-0.39, 0.29) is 0 Å². The minimum atomic E-state index is 0.733. The first-order valence-corrected chi connectivity index (χ1v) is 7.20. The molecule has 0 amide bonds. The van der Waals surface area contributed by atoms with Crippen LogP contribution in [0.1, 0.15) is 19.7 Å². The van der Waals surface area contributed by atoms with Gasteiger partial charge in [-0.2, -0.15) is 0 Å². The number of aromatic nitrogens is 2. The largest absolute Gasteiger partial charge is 0.357 e. The lowest BCUT2D eigenvalue weighted by molar-refractivity contribution is 0.696. The molecule has 0 spiro atoms. The zero-order valence-corrected chi connectivity index (χ0v) is 12.5. The Balaban J connectivity index is 2.08. The van der Waals surface area contributed by atoms with E-state index < -0.39 is 0 Å². The van der Waals surface area contributed by atoms with Crippen molar-refractivity contribution < 1.29 is 0 Å². The van der Waals surface area contributed by atoms with Crippen LogP contribution in [0, 0.1) is 6.92 Å². The highest BCUT2D eigenvalue weighted by atomic mass is 15.2. The Bertz CT molecular complexity index is 577. The van der Waals surface area contributed by atoms with Gasteiger partial charge >= 0.3 is 0 Å². The first-order chi connectivity index (χ1) is 9.76. The number of rotatable bonds is 5. The minimum Gasteiger partial charge on any atom is -0.357 e. The molecule has 1 heterocycles. The van der Waals surface area contributed by atoms with Gasteiger partial charge in [0.05, 0.1) is 17.6 Å². The Hall–Kier alpha value is -2.04. The molecular weight excluding hydrogens is 250 g/mol. The fourth-order valence-corrected chi connectivity index (χ4v) is 2.25. The monoisotopic (exact) mass is 273 g/mol. The summed E-state index contributed by atoms with van der Waals surface area (Å²) in [6.45, 7) is 9.50. The average Bonchev–Trinajstić information content (AvgIpc) is 2.76. The molecule has 20 heavy (non-hydrogen) atoms. The molecule has 0 atom stereocenters. The molecule has 0 saturated heterocycles. The molecule has 0 fully saturated rings. The van der Waals surface area contributed by atoms with Gasteiger partial charge in [-0.25, -0.2) is 4.98 Å². The Morgan fingerprint density at radius 1 is 1.20 bits per heavy atom. The number of para-hydroxylation sites is 2. The van der Waals surface area contributed by atoms with Crippen LogP contribution in [0.4, 0.5) is 0 Å². The number of nitrogens with one attached hydrogen (secondary N) is 2. The molecular formula is C15H23N5. The van der Waals surface area contributed by atoms with E-state index in [2.05, 4.69) is 45.1 Å². The third-order valence-corrected chi connectivity index (χ3v) is 3.13. The molecule has 108 valence electrons. The van der Waals surface area contributed by atoms with Crippen LogP contribution in [0.3, 0.4) is 0 Å². The Morgan fingerprint density at radius 2 is 1.90 bits per heavy atom. The van der Waals surface area contributed by atoms with Crippen molar-refractivity contribution in [2.45, 2.75) is 27.3 Å². The van der Waals surface area contributed by atoms with Crippen LogP contribution in [-0.2, 0) is 6.54 Å². The lowest BCUT2D eigenvalue weighted by atomic mass is 10.3. The first-order valence-electron chi connectivity index (χ1n) is 7.20. The summed E-state index contributed by atoms with van der Waals surface area (Å²) in [5.74, 6) is 1.91. The maximum Gasteiger partial charge on any atom is 0.191 e. The fraction of sp³-hybridized carbons (Fsp3) is 0.467. The van der Waals surface area contributed by atoms with Crippen LogP contribution in [-0.4, -0.2) is 35.1 Å². The summed E-state index contributed by atoms with van der Waals surface area (Å²) >= 11 is 0. The zero-order chi connectivity index (χ0) is 14.4. The molecule has 0 radical (unpaired) electrons. The third kappa shape index (κ3) is 3.29. The summed E-state index contributed by atoms with van der Waals surface area (Å²) in [7, 11) is 0. The Kier molecular flexibility index (Phi) is 4.98. The van der Waals surface area contributed by atoms with Crippen LogP contribution in [0.25, 0.3) is 11.0 Å². The van der Waals surface area contributed by atoms with Gasteiger partial charge in [-0.15, -0.1) is 0 Å². The number of nitrogens with zero attached hydrogens (tertiary/aromatic N) is 3. The van der Waals surface area contributed by atoms with Crippen LogP contribution < -0.4 is 10.6 Å². The molecule has 0 unspecified atom stereocenters. The highest BCUT2D eigenvalue weighted by Crippen LogP contribution is 2.14. The highest BCUT2D eigenvalue weighted by Gasteiger charge is 2.05. The van der Waals surface area contributed by atoms with Crippen LogP contribution in [0.5, 0.6) is 0 Å². The van der Waals surface area contributed by atoms with Gasteiger partial charge in [-0.05, 0) is 32.9 Å². The van der Waals surface area contributed by atoms with Gasteiger partial charge in [-0.1, -0.05) is 12.1 Å². The number of guanidine groups is 1. The van der Waals surface area contributed by atoms with E-state index in [1.165, 1.54) is 5.52 Å². The highest BCUT2D eigenvalue weighted by molar-refractivity contribution is 5.79. The summed E-state index contributed by atoms with van der Waals surface area (Å²) < 4.78 is 2.22. The topological polar surface area (TPSA) is 54.2 Å². The van der Waals surface area contributed by atoms with Crippen molar-refractivity contribution >= 4 is 17.0 Å². The van der Waals surface area contributed by atoms with E-state index in [0.29, 0.717) is 0 Å². The molecule has 0 aliphatic rings. The first kappa shape index (κ1) is 14.4. The van der Waals surface area contributed by atoms with E-state index in [1.54, 1.807) is 0 Å². The van der Waals surface area contributed by atoms with Crippen molar-refractivity contribution in [1.29, 1.82) is 0 Å². The number of hydrogen-bond donors (Lipinski definition) is 2. The molecule has 0 aliphatic heterocycles. The number of benzene rings is 1. The lowest BCUT2D eigenvalue weighted by Crippen LogP contribution is -2.37. The molecule has 5 heteroatoms. The second kappa shape index (κ2) is 6.93. The molecule has 5 nitrogen and oxygen atoms in total. The molecule has 0 saturated carbocycles. The van der Waals surface area contributed by atoms with Crippen molar-refractivity contribution in [2.24, 2.45) is 4.99 Å². The quantitative estimate of drug-likeness (QED) is 0.646. The SMILES string of the molecule is CCNC(=NCCn1c(C)nc2ccccc21)NCC. The van der Waals surface area contributed by atoms with E-state index in [9.17, 15) is 0 Å². The summed E-state index contributed by atoms with van der Waals surface area (Å²) in [4.78, 5) is 9.14. The lowest BCUT2D eigenvalue weighted by Gasteiger charge is -2.10. The molecule has 0 bridgehead atoms. The van der Waals surface area contributed by atoms with Crippen molar-refractivity contribution in [3.8, 4) is 0 Å². The third-order valence-electron chi connectivity index (χ3n) is 3.13. The minimum absolute atomic E-state index is 0.733. The van der Waals surface area contributed by atoms with E-state index in [1.807, 2.05) is 25.1 Å². The summed E-state index contributed by atoms with van der Waals surface area (Å²) in [5.41, 5.74) is 2.22.